The molecule has 1 aromatic heterocycles. The number of alkyl halides is 3. The summed E-state index contributed by atoms with van der Waals surface area (Å²) in [6.07, 6.45) is -3.62. The van der Waals surface area contributed by atoms with Crippen LogP contribution < -0.4 is 10.6 Å². The van der Waals surface area contributed by atoms with Crippen LogP contribution in [0.3, 0.4) is 0 Å². The van der Waals surface area contributed by atoms with Crippen molar-refractivity contribution < 1.29 is 13.2 Å². The Balaban J connectivity index is 3.03. The van der Waals surface area contributed by atoms with Gasteiger partial charge in [0.2, 0.25) is 5.82 Å². The summed E-state index contributed by atoms with van der Waals surface area (Å²) < 4.78 is 38.3. The molecule has 2 atom stereocenters. The van der Waals surface area contributed by atoms with Crippen molar-refractivity contribution in [1.82, 2.24) is 9.97 Å². The zero-order valence-electron chi connectivity index (χ0n) is 12.2. The standard InChI is InChI=1S/C13H21F3N4/c1-5-8(3)9(4)18-11-7-10(17-6-2)19-12(20-11)13(14,15)16/h7-9H,5-6H2,1-4H3,(H2,17,18,19,20). The molecule has 0 saturated heterocycles. The zero-order valence-corrected chi connectivity index (χ0v) is 12.2. The minimum absolute atomic E-state index is 0.0328. The number of aromatic nitrogens is 2. The highest BCUT2D eigenvalue weighted by Gasteiger charge is 2.35. The smallest absolute Gasteiger partial charge is 0.370 e. The molecular formula is C13H21F3N4. The van der Waals surface area contributed by atoms with Crippen LogP contribution in [0.2, 0.25) is 0 Å². The van der Waals surface area contributed by atoms with E-state index in [0.717, 1.165) is 6.42 Å². The van der Waals surface area contributed by atoms with E-state index >= 15 is 0 Å². The van der Waals surface area contributed by atoms with Crippen molar-refractivity contribution >= 4 is 11.6 Å². The minimum Gasteiger partial charge on any atom is -0.370 e. The summed E-state index contributed by atoms with van der Waals surface area (Å²) in [4.78, 5) is 7.04. The number of rotatable bonds is 6. The van der Waals surface area contributed by atoms with Gasteiger partial charge in [-0.2, -0.15) is 13.2 Å². The van der Waals surface area contributed by atoms with Gasteiger partial charge in [0.1, 0.15) is 11.6 Å². The van der Waals surface area contributed by atoms with E-state index in [1.54, 1.807) is 6.92 Å². The number of nitrogens with zero attached hydrogens (tertiary/aromatic N) is 2. The molecule has 2 N–H and O–H groups in total. The van der Waals surface area contributed by atoms with Crippen molar-refractivity contribution in [3.63, 3.8) is 0 Å². The van der Waals surface area contributed by atoms with Gasteiger partial charge in [-0.15, -0.1) is 0 Å². The molecule has 0 aliphatic rings. The minimum atomic E-state index is -4.55. The Labute approximate surface area is 117 Å². The lowest BCUT2D eigenvalue weighted by Gasteiger charge is -2.21. The van der Waals surface area contributed by atoms with Gasteiger partial charge in [-0.25, -0.2) is 9.97 Å². The molecule has 0 aliphatic heterocycles. The summed E-state index contributed by atoms with van der Waals surface area (Å²) in [5, 5.41) is 5.80. The summed E-state index contributed by atoms with van der Waals surface area (Å²) >= 11 is 0. The first-order chi connectivity index (χ1) is 9.27. The van der Waals surface area contributed by atoms with Crippen LogP contribution in [0, 0.1) is 5.92 Å². The average Bonchev–Trinajstić information content (AvgIpc) is 2.36. The summed E-state index contributed by atoms with van der Waals surface area (Å²) in [5.41, 5.74) is 0. The third-order valence-electron chi connectivity index (χ3n) is 3.21. The van der Waals surface area contributed by atoms with Crippen molar-refractivity contribution in [1.29, 1.82) is 0 Å². The van der Waals surface area contributed by atoms with Gasteiger partial charge in [0, 0.05) is 18.7 Å². The Hall–Kier alpha value is -1.53. The van der Waals surface area contributed by atoms with Crippen LogP contribution in [0.25, 0.3) is 0 Å². The first kappa shape index (κ1) is 16.5. The second-order valence-electron chi connectivity index (χ2n) is 4.81. The predicted octanol–water partition coefficient (Wildman–Crippen LogP) is 3.77. The molecule has 2 unspecified atom stereocenters. The van der Waals surface area contributed by atoms with Crippen LogP contribution in [-0.2, 0) is 6.18 Å². The first-order valence-electron chi connectivity index (χ1n) is 6.74. The van der Waals surface area contributed by atoms with Crippen molar-refractivity contribution in [2.45, 2.75) is 46.3 Å². The highest BCUT2D eigenvalue weighted by atomic mass is 19.4. The third kappa shape index (κ3) is 4.54. The maximum absolute atomic E-state index is 12.8. The van der Waals surface area contributed by atoms with Gasteiger partial charge in [0.05, 0.1) is 0 Å². The van der Waals surface area contributed by atoms with Gasteiger partial charge < -0.3 is 10.6 Å². The Kier molecular flexibility index (Phi) is 5.59. The summed E-state index contributed by atoms with van der Waals surface area (Å²) in [6.45, 7) is 8.29. The van der Waals surface area contributed by atoms with Crippen molar-refractivity contribution in [2.75, 3.05) is 17.2 Å². The Morgan fingerprint density at radius 1 is 1.15 bits per heavy atom. The normalized spacial score (nSPS) is 14.8. The van der Waals surface area contributed by atoms with E-state index in [2.05, 4.69) is 20.6 Å². The number of anilines is 2. The zero-order chi connectivity index (χ0) is 15.3. The molecule has 0 bridgehead atoms. The molecule has 1 rings (SSSR count). The van der Waals surface area contributed by atoms with E-state index in [0.29, 0.717) is 12.5 Å². The molecule has 0 radical (unpaired) electrons. The van der Waals surface area contributed by atoms with E-state index in [9.17, 15) is 13.2 Å². The van der Waals surface area contributed by atoms with E-state index in [4.69, 9.17) is 0 Å². The van der Waals surface area contributed by atoms with Crippen LogP contribution in [0.4, 0.5) is 24.8 Å². The highest BCUT2D eigenvalue weighted by molar-refractivity contribution is 5.48. The summed E-state index contributed by atoms with van der Waals surface area (Å²) in [6, 6.07) is 1.53. The van der Waals surface area contributed by atoms with Crippen LogP contribution in [0.15, 0.2) is 6.07 Å². The van der Waals surface area contributed by atoms with Gasteiger partial charge in [-0.1, -0.05) is 20.3 Å². The molecule has 0 saturated carbocycles. The molecule has 0 amide bonds. The fraction of sp³-hybridized carbons (Fsp3) is 0.692. The number of hydrogen-bond acceptors (Lipinski definition) is 4. The second-order valence-corrected chi connectivity index (χ2v) is 4.81. The fourth-order valence-corrected chi connectivity index (χ4v) is 1.65. The van der Waals surface area contributed by atoms with Gasteiger partial charge >= 0.3 is 6.18 Å². The molecule has 4 nitrogen and oxygen atoms in total. The molecule has 1 heterocycles. The predicted molar refractivity (Wildman–Crippen MR) is 73.7 cm³/mol. The van der Waals surface area contributed by atoms with E-state index < -0.39 is 12.0 Å². The van der Waals surface area contributed by atoms with Gasteiger partial charge in [-0.3, -0.25) is 0 Å². The lowest BCUT2D eigenvalue weighted by molar-refractivity contribution is -0.144. The SMILES string of the molecule is CCNc1cc(NC(C)C(C)CC)nc(C(F)(F)F)n1. The van der Waals surface area contributed by atoms with Crippen molar-refractivity contribution in [3.8, 4) is 0 Å². The second kappa shape index (κ2) is 6.76. The maximum Gasteiger partial charge on any atom is 0.451 e. The topological polar surface area (TPSA) is 49.8 Å². The number of hydrogen-bond donors (Lipinski definition) is 2. The molecular weight excluding hydrogens is 269 g/mol. The van der Waals surface area contributed by atoms with Gasteiger partial charge in [-0.05, 0) is 19.8 Å². The van der Waals surface area contributed by atoms with E-state index in [-0.39, 0.29) is 17.7 Å². The highest BCUT2D eigenvalue weighted by Crippen LogP contribution is 2.28. The van der Waals surface area contributed by atoms with Gasteiger partial charge in [0.15, 0.2) is 0 Å². The lowest BCUT2D eigenvalue weighted by atomic mass is 10.0. The molecule has 20 heavy (non-hydrogen) atoms. The third-order valence-corrected chi connectivity index (χ3v) is 3.21. The number of halogens is 3. The Morgan fingerprint density at radius 2 is 1.75 bits per heavy atom. The van der Waals surface area contributed by atoms with Crippen LogP contribution in [-0.4, -0.2) is 22.6 Å². The van der Waals surface area contributed by atoms with Crippen molar-refractivity contribution in [3.05, 3.63) is 11.9 Å². The molecule has 7 heteroatoms. The molecule has 0 spiro atoms. The fourth-order valence-electron chi connectivity index (χ4n) is 1.65. The molecule has 0 aliphatic carbocycles. The molecule has 114 valence electrons. The summed E-state index contributed by atoms with van der Waals surface area (Å²) in [5.74, 6) is -0.429. The largest absolute Gasteiger partial charge is 0.451 e. The van der Waals surface area contributed by atoms with E-state index in [1.165, 1.54) is 6.07 Å². The lowest BCUT2D eigenvalue weighted by Crippen LogP contribution is -2.25. The molecule has 0 aromatic carbocycles. The number of nitrogens with one attached hydrogen (secondary N) is 2. The van der Waals surface area contributed by atoms with Crippen LogP contribution in [0.5, 0.6) is 0 Å². The molecule has 0 fully saturated rings. The van der Waals surface area contributed by atoms with Crippen LogP contribution in [0.1, 0.15) is 39.9 Å². The maximum atomic E-state index is 12.8. The monoisotopic (exact) mass is 290 g/mol. The average molecular weight is 290 g/mol. The van der Waals surface area contributed by atoms with E-state index in [1.807, 2.05) is 20.8 Å². The first-order valence-corrected chi connectivity index (χ1v) is 6.74. The summed E-state index contributed by atoms with van der Waals surface area (Å²) in [7, 11) is 0. The Morgan fingerprint density at radius 3 is 2.25 bits per heavy atom. The van der Waals surface area contributed by atoms with Crippen molar-refractivity contribution in [2.24, 2.45) is 5.92 Å². The van der Waals surface area contributed by atoms with Crippen LogP contribution >= 0.6 is 0 Å². The Bertz CT molecular complexity index is 434. The molecule has 1 aromatic rings. The quantitative estimate of drug-likeness (QED) is 0.837. The van der Waals surface area contributed by atoms with Gasteiger partial charge in [0.25, 0.3) is 0 Å².